The normalized spacial score (nSPS) is 19.7. The van der Waals surface area contributed by atoms with Crippen LogP contribution in [0.15, 0.2) is 41.3 Å². The topological polar surface area (TPSA) is 55.8 Å². The molecule has 0 saturated carbocycles. The van der Waals surface area contributed by atoms with Crippen LogP contribution in [0.5, 0.6) is 11.5 Å². The number of likely N-dealkylation sites (tertiary alicyclic amines) is 1. The Hall–Kier alpha value is -1.47. The minimum atomic E-state index is -3.52. The van der Waals surface area contributed by atoms with Crippen LogP contribution in [0.1, 0.15) is 24.4 Å². The Morgan fingerprint density at radius 3 is 2.64 bits per heavy atom. The Bertz CT molecular complexity index is 980. The molecular weight excluding hydrogens is 421 g/mol. The third-order valence-corrected chi connectivity index (χ3v) is 7.59. The number of fused-ring (bicyclic) bond motifs is 1. The molecule has 2 aromatic rings. The Morgan fingerprint density at radius 2 is 1.82 bits per heavy atom. The molecule has 2 aromatic carbocycles. The van der Waals surface area contributed by atoms with Crippen LogP contribution in [0, 0.1) is 0 Å². The Morgan fingerprint density at radius 1 is 1.04 bits per heavy atom. The van der Waals surface area contributed by atoms with Gasteiger partial charge in [0.05, 0.1) is 15.7 Å². The van der Waals surface area contributed by atoms with Crippen molar-refractivity contribution in [1.29, 1.82) is 0 Å². The molecule has 2 aliphatic rings. The second-order valence-corrected chi connectivity index (χ2v) is 9.91. The van der Waals surface area contributed by atoms with Crippen molar-refractivity contribution in [2.24, 2.45) is 0 Å². The maximum absolute atomic E-state index is 12.8. The van der Waals surface area contributed by atoms with E-state index in [1.807, 2.05) is 18.2 Å². The first-order chi connectivity index (χ1) is 13.4. The van der Waals surface area contributed by atoms with Crippen molar-refractivity contribution in [1.82, 2.24) is 4.90 Å². The van der Waals surface area contributed by atoms with E-state index in [0.29, 0.717) is 24.8 Å². The molecule has 1 fully saturated rings. The molecule has 1 saturated heterocycles. The van der Waals surface area contributed by atoms with E-state index in [0.717, 1.165) is 36.4 Å². The average Bonchev–Trinajstić information content (AvgIpc) is 3.16. The van der Waals surface area contributed by atoms with Gasteiger partial charge in [0.2, 0.25) is 0 Å². The van der Waals surface area contributed by atoms with Crippen LogP contribution in [-0.2, 0) is 9.84 Å². The van der Waals surface area contributed by atoms with Crippen LogP contribution >= 0.6 is 23.2 Å². The van der Waals surface area contributed by atoms with Crippen molar-refractivity contribution in [3.8, 4) is 11.5 Å². The second-order valence-electron chi connectivity index (χ2n) is 6.99. The standard InChI is InChI=1S/C20H21Cl2NO4S/c21-15-4-5-16(22)20(13-15)28(24,25)11-8-23-7-1-2-17(23)14-3-6-18-19(12-14)27-10-9-26-18/h3-6,12-13,17H,1-2,7-11H2. The summed E-state index contributed by atoms with van der Waals surface area (Å²) in [5.74, 6) is 1.51. The number of benzene rings is 2. The van der Waals surface area contributed by atoms with E-state index in [-0.39, 0.29) is 21.7 Å². The number of sulfone groups is 1. The van der Waals surface area contributed by atoms with Gasteiger partial charge in [0, 0.05) is 17.6 Å². The first-order valence-corrected chi connectivity index (χ1v) is 11.7. The molecule has 8 heteroatoms. The van der Waals surface area contributed by atoms with E-state index in [9.17, 15) is 8.42 Å². The van der Waals surface area contributed by atoms with Crippen molar-refractivity contribution < 1.29 is 17.9 Å². The van der Waals surface area contributed by atoms with Gasteiger partial charge in [-0.25, -0.2) is 8.42 Å². The molecule has 28 heavy (non-hydrogen) atoms. The molecule has 150 valence electrons. The number of ether oxygens (including phenoxy) is 2. The molecule has 4 rings (SSSR count). The highest BCUT2D eigenvalue weighted by Crippen LogP contribution is 2.38. The fourth-order valence-corrected chi connectivity index (χ4v) is 5.87. The van der Waals surface area contributed by atoms with E-state index in [4.69, 9.17) is 32.7 Å². The van der Waals surface area contributed by atoms with E-state index >= 15 is 0 Å². The number of hydrogen-bond donors (Lipinski definition) is 0. The second kappa shape index (κ2) is 8.11. The van der Waals surface area contributed by atoms with Crippen molar-refractivity contribution in [3.05, 3.63) is 52.0 Å². The molecule has 0 spiro atoms. The molecular formula is C20H21Cl2NO4S. The molecule has 0 bridgehead atoms. The predicted molar refractivity (Wildman–Crippen MR) is 109 cm³/mol. The Kier molecular flexibility index (Phi) is 5.74. The monoisotopic (exact) mass is 441 g/mol. The summed E-state index contributed by atoms with van der Waals surface area (Å²) in [6.07, 6.45) is 2.01. The summed E-state index contributed by atoms with van der Waals surface area (Å²) < 4.78 is 36.9. The molecule has 5 nitrogen and oxygen atoms in total. The van der Waals surface area contributed by atoms with Gasteiger partial charge in [0.1, 0.15) is 13.2 Å². The Labute approximate surface area is 175 Å². The van der Waals surface area contributed by atoms with E-state index in [2.05, 4.69) is 4.90 Å². The van der Waals surface area contributed by atoms with Gasteiger partial charge in [-0.2, -0.15) is 0 Å². The summed E-state index contributed by atoms with van der Waals surface area (Å²) in [7, 11) is -3.52. The van der Waals surface area contributed by atoms with Crippen LogP contribution in [0.25, 0.3) is 0 Å². The highest BCUT2D eigenvalue weighted by atomic mass is 35.5. The van der Waals surface area contributed by atoms with Crippen molar-refractivity contribution >= 4 is 33.0 Å². The van der Waals surface area contributed by atoms with Gasteiger partial charge < -0.3 is 9.47 Å². The molecule has 0 radical (unpaired) electrons. The molecule has 2 aliphatic heterocycles. The van der Waals surface area contributed by atoms with Crippen molar-refractivity contribution in [2.75, 3.05) is 32.1 Å². The third-order valence-electron chi connectivity index (χ3n) is 5.19. The van der Waals surface area contributed by atoms with E-state index in [1.165, 1.54) is 12.1 Å². The maximum Gasteiger partial charge on any atom is 0.181 e. The molecule has 0 aliphatic carbocycles. The van der Waals surface area contributed by atoms with E-state index < -0.39 is 9.84 Å². The summed E-state index contributed by atoms with van der Waals surface area (Å²) in [5, 5.41) is 0.563. The van der Waals surface area contributed by atoms with Crippen LogP contribution in [0.4, 0.5) is 0 Å². The Balaban J connectivity index is 1.49. The zero-order chi connectivity index (χ0) is 19.7. The molecule has 0 amide bonds. The van der Waals surface area contributed by atoms with E-state index in [1.54, 1.807) is 6.07 Å². The van der Waals surface area contributed by atoms with Gasteiger partial charge in [-0.05, 0) is 55.3 Å². The summed E-state index contributed by atoms with van der Waals surface area (Å²) in [5.41, 5.74) is 1.12. The highest BCUT2D eigenvalue weighted by Gasteiger charge is 2.29. The van der Waals surface area contributed by atoms with Crippen LogP contribution in [0.2, 0.25) is 10.0 Å². The SMILES string of the molecule is O=S(=O)(CCN1CCCC1c1ccc2c(c1)OCCO2)c1cc(Cl)ccc1Cl. The summed E-state index contributed by atoms with van der Waals surface area (Å²) in [6, 6.07) is 10.7. The lowest BCUT2D eigenvalue weighted by molar-refractivity contribution is 0.170. The first kappa shape index (κ1) is 19.8. The summed E-state index contributed by atoms with van der Waals surface area (Å²) in [4.78, 5) is 2.30. The minimum absolute atomic E-state index is 0.00584. The number of hydrogen-bond acceptors (Lipinski definition) is 5. The van der Waals surface area contributed by atoms with Gasteiger partial charge in [-0.3, -0.25) is 4.90 Å². The quantitative estimate of drug-likeness (QED) is 0.688. The third kappa shape index (κ3) is 4.10. The van der Waals surface area contributed by atoms with Gasteiger partial charge in [0.25, 0.3) is 0 Å². The highest BCUT2D eigenvalue weighted by molar-refractivity contribution is 7.91. The first-order valence-electron chi connectivity index (χ1n) is 9.25. The maximum atomic E-state index is 12.8. The van der Waals surface area contributed by atoms with Gasteiger partial charge in [0.15, 0.2) is 21.3 Å². The largest absolute Gasteiger partial charge is 0.486 e. The summed E-state index contributed by atoms with van der Waals surface area (Å²) in [6.45, 7) is 2.40. The smallest absolute Gasteiger partial charge is 0.181 e. The van der Waals surface area contributed by atoms with Crippen molar-refractivity contribution in [2.45, 2.75) is 23.8 Å². The minimum Gasteiger partial charge on any atom is -0.486 e. The van der Waals surface area contributed by atoms with Crippen LogP contribution < -0.4 is 9.47 Å². The lowest BCUT2D eigenvalue weighted by Gasteiger charge is -2.26. The zero-order valence-electron chi connectivity index (χ0n) is 15.2. The molecule has 1 unspecified atom stereocenters. The average molecular weight is 442 g/mol. The lowest BCUT2D eigenvalue weighted by atomic mass is 10.0. The predicted octanol–water partition coefficient (Wildman–Crippen LogP) is 4.38. The molecule has 0 aromatic heterocycles. The lowest BCUT2D eigenvalue weighted by Crippen LogP contribution is -2.29. The van der Waals surface area contributed by atoms with Gasteiger partial charge in [-0.1, -0.05) is 29.3 Å². The van der Waals surface area contributed by atoms with Crippen LogP contribution in [0.3, 0.4) is 0 Å². The zero-order valence-corrected chi connectivity index (χ0v) is 17.6. The molecule has 1 atom stereocenters. The fraction of sp³-hybridized carbons (Fsp3) is 0.400. The molecule has 0 N–H and O–H groups in total. The summed E-state index contributed by atoms with van der Waals surface area (Å²) >= 11 is 12.0. The number of halogens is 2. The van der Waals surface area contributed by atoms with Gasteiger partial charge >= 0.3 is 0 Å². The van der Waals surface area contributed by atoms with Crippen LogP contribution in [-0.4, -0.2) is 45.4 Å². The van der Waals surface area contributed by atoms with Gasteiger partial charge in [-0.15, -0.1) is 0 Å². The number of nitrogens with zero attached hydrogens (tertiary/aromatic N) is 1. The number of rotatable bonds is 5. The fourth-order valence-electron chi connectivity index (χ4n) is 3.80. The molecule has 2 heterocycles. The van der Waals surface area contributed by atoms with Crippen molar-refractivity contribution in [3.63, 3.8) is 0 Å².